The first-order valence-electron chi connectivity index (χ1n) is 4.55. The van der Waals surface area contributed by atoms with Crippen molar-refractivity contribution in [2.45, 2.75) is 13.0 Å². The summed E-state index contributed by atoms with van der Waals surface area (Å²) in [5.74, 6) is 0. The number of aromatic nitrogens is 1. The fourth-order valence-corrected chi connectivity index (χ4v) is 2.80. The Morgan fingerprint density at radius 2 is 2.50 bits per heavy atom. The van der Waals surface area contributed by atoms with Crippen LogP contribution in [0.5, 0.6) is 0 Å². The molecule has 2 rings (SSSR count). The van der Waals surface area contributed by atoms with Gasteiger partial charge in [0.05, 0.1) is 11.6 Å². The van der Waals surface area contributed by atoms with Crippen molar-refractivity contribution in [3.63, 3.8) is 0 Å². The molecule has 74 valence electrons. The van der Waals surface area contributed by atoms with Gasteiger partial charge in [-0.1, -0.05) is 6.92 Å². The predicted octanol–water partition coefficient (Wildman–Crippen LogP) is 2.90. The minimum Gasteiger partial charge on any atom is -0.306 e. The van der Waals surface area contributed by atoms with E-state index in [1.54, 1.807) is 22.7 Å². The van der Waals surface area contributed by atoms with Crippen LogP contribution in [0.25, 0.3) is 0 Å². The van der Waals surface area contributed by atoms with E-state index in [0.29, 0.717) is 6.04 Å². The van der Waals surface area contributed by atoms with E-state index in [0.717, 1.165) is 6.54 Å². The van der Waals surface area contributed by atoms with Crippen LogP contribution in [0.1, 0.15) is 23.4 Å². The zero-order valence-corrected chi connectivity index (χ0v) is 9.57. The Balaban J connectivity index is 2.25. The molecule has 2 aromatic rings. The van der Waals surface area contributed by atoms with Crippen molar-refractivity contribution in [3.05, 3.63) is 39.0 Å². The maximum atomic E-state index is 4.12. The molecule has 1 unspecified atom stereocenters. The third-order valence-electron chi connectivity index (χ3n) is 2.02. The van der Waals surface area contributed by atoms with Crippen LogP contribution in [-0.2, 0) is 0 Å². The molecule has 0 saturated carbocycles. The number of nitrogens with one attached hydrogen (secondary N) is 1. The SMILES string of the molecule is CCNC(c1ccsc1)c1cncs1. The van der Waals surface area contributed by atoms with Gasteiger partial charge in [-0.25, -0.2) is 0 Å². The first kappa shape index (κ1) is 9.83. The van der Waals surface area contributed by atoms with Gasteiger partial charge in [-0.3, -0.25) is 4.98 Å². The molecule has 1 N–H and O–H groups in total. The van der Waals surface area contributed by atoms with E-state index in [1.165, 1.54) is 10.4 Å². The Morgan fingerprint density at radius 3 is 3.07 bits per heavy atom. The number of hydrogen-bond donors (Lipinski definition) is 1. The molecule has 2 heterocycles. The van der Waals surface area contributed by atoms with Crippen LogP contribution in [0.4, 0.5) is 0 Å². The van der Waals surface area contributed by atoms with Crippen molar-refractivity contribution < 1.29 is 0 Å². The molecule has 2 nitrogen and oxygen atoms in total. The molecular formula is C10H12N2S2. The van der Waals surface area contributed by atoms with Crippen LogP contribution in [-0.4, -0.2) is 11.5 Å². The van der Waals surface area contributed by atoms with E-state index >= 15 is 0 Å². The molecule has 2 aromatic heterocycles. The molecule has 0 saturated heterocycles. The van der Waals surface area contributed by atoms with Gasteiger partial charge in [0.15, 0.2) is 0 Å². The lowest BCUT2D eigenvalue weighted by Crippen LogP contribution is -2.20. The summed E-state index contributed by atoms with van der Waals surface area (Å²) in [5.41, 5.74) is 3.22. The molecule has 0 aliphatic heterocycles. The Kier molecular flexibility index (Phi) is 3.29. The van der Waals surface area contributed by atoms with Crippen molar-refractivity contribution in [2.24, 2.45) is 0 Å². The molecule has 4 heteroatoms. The summed E-state index contributed by atoms with van der Waals surface area (Å²) in [6.45, 7) is 3.10. The Bertz CT molecular complexity index is 319. The average Bonchev–Trinajstić information content (AvgIpc) is 2.87. The molecule has 0 radical (unpaired) electrons. The molecule has 0 fully saturated rings. The molecule has 0 amide bonds. The highest BCUT2D eigenvalue weighted by atomic mass is 32.1. The fraction of sp³-hybridized carbons (Fsp3) is 0.300. The normalized spacial score (nSPS) is 12.9. The lowest BCUT2D eigenvalue weighted by Gasteiger charge is -2.14. The van der Waals surface area contributed by atoms with E-state index in [2.05, 4.69) is 34.1 Å². The van der Waals surface area contributed by atoms with Gasteiger partial charge in [0.1, 0.15) is 0 Å². The van der Waals surface area contributed by atoms with Gasteiger partial charge in [-0.15, -0.1) is 11.3 Å². The summed E-state index contributed by atoms with van der Waals surface area (Å²) < 4.78 is 0. The van der Waals surface area contributed by atoms with Crippen LogP contribution < -0.4 is 5.32 Å². The number of thiazole rings is 1. The Morgan fingerprint density at radius 1 is 1.57 bits per heavy atom. The summed E-state index contributed by atoms with van der Waals surface area (Å²) in [7, 11) is 0. The summed E-state index contributed by atoms with van der Waals surface area (Å²) in [5, 5.41) is 7.76. The van der Waals surface area contributed by atoms with E-state index in [1.807, 2.05) is 11.7 Å². The van der Waals surface area contributed by atoms with E-state index in [-0.39, 0.29) is 0 Å². The highest BCUT2D eigenvalue weighted by Gasteiger charge is 2.14. The van der Waals surface area contributed by atoms with Crippen LogP contribution in [0.2, 0.25) is 0 Å². The maximum Gasteiger partial charge on any atom is 0.0794 e. The third-order valence-corrected chi connectivity index (χ3v) is 3.56. The van der Waals surface area contributed by atoms with Crippen LogP contribution in [0.3, 0.4) is 0 Å². The summed E-state index contributed by atoms with van der Waals surface area (Å²) in [4.78, 5) is 5.40. The summed E-state index contributed by atoms with van der Waals surface area (Å²) >= 11 is 3.44. The van der Waals surface area contributed by atoms with Gasteiger partial charge in [-0.05, 0) is 28.9 Å². The lowest BCUT2D eigenvalue weighted by atomic mass is 10.1. The third kappa shape index (κ3) is 2.03. The van der Waals surface area contributed by atoms with Crippen molar-refractivity contribution >= 4 is 22.7 Å². The highest BCUT2D eigenvalue weighted by molar-refractivity contribution is 7.09. The molecular weight excluding hydrogens is 212 g/mol. The molecule has 0 aliphatic carbocycles. The van der Waals surface area contributed by atoms with Crippen LogP contribution in [0.15, 0.2) is 28.5 Å². The van der Waals surface area contributed by atoms with Gasteiger partial charge in [-0.2, -0.15) is 11.3 Å². The second-order valence-corrected chi connectivity index (χ2v) is 4.65. The Hall–Kier alpha value is -0.710. The molecule has 0 spiro atoms. The minimum atomic E-state index is 0.318. The quantitative estimate of drug-likeness (QED) is 0.863. The lowest BCUT2D eigenvalue weighted by molar-refractivity contribution is 0.640. The van der Waals surface area contributed by atoms with Crippen molar-refractivity contribution in [3.8, 4) is 0 Å². The summed E-state index contributed by atoms with van der Waals surface area (Å²) in [6, 6.07) is 2.48. The first-order chi connectivity index (χ1) is 6.92. The molecule has 0 aromatic carbocycles. The topological polar surface area (TPSA) is 24.9 Å². The van der Waals surface area contributed by atoms with Gasteiger partial charge in [0.25, 0.3) is 0 Å². The molecule has 0 bridgehead atoms. The number of thiophene rings is 1. The van der Waals surface area contributed by atoms with Crippen molar-refractivity contribution in [1.29, 1.82) is 0 Å². The minimum absolute atomic E-state index is 0.318. The maximum absolute atomic E-state index is 4.12. The van der Waals surface area contributed by atoms with Gasteiger partial charge >= 0.3 is 0 Å². The standard InChI is InChI=1S/C10H12N2S2/c1-2-12-10(8-3-4-13-6-8)9-5-11-7-14-9/h3-7,10,12H,2H2,1H3. The van der Waals surface area contributed by atoms with Crippen molar-refractivity contribution in [1.82, 2.24) is 10.3 Å². The number of hydrogen-bond acceptors (Lipinski definition) is 4. The fourth-order valence-electron chi connectivity index (χ4n) is 1.39. The predicted molar refractivity (Wildman–Crippen MR) is 62.0 cm³/mol. The van der Waals surface area contributed by atoms with E-state index in [4.69, 9.17) is 0 Å². The second-order valence-electron chi connectivity index (χ2n) is 2.95. The van der Waals surface area contributed by atoms with Crippen LogP contribution in [0, 0.1) is 0 Å². The van der Waals surface area contributed by atoms with Gasteiger partial charge < -0.3 is 5.32 Å². The summed E-state index contributed by atoms with van der Waals surface area (Å²) in [6.07, 6.45) is 1.94. The van der Waals surface area contributed by atoms with Crippen molar-refractivity contribution in [2.75, 3.05) is 6.54 Å². The monoisotopic (exact) mass is 224 g/mol. The van der Waals surface area contributed by atoms with Gasteiger partial charge in [0.2, 0.25) is 0 Å². The molecule has 0 aliphatic rings. The number of nitrogens with zero attached hydrogens (tertiary/aromatic N) is 1. The zero-order valence-electron chi connectivity index (χ0n) is 7.93. The number of rotatable bonds is 4. The van der Waals surface area contributed by atoms with Gasteiger partial charge in [0, 0.05) is 11.1 Å². The average molecular weight is 224 g/mol. The molecule has 1 atom stereocenters. The van der Waals surface area contributed by atoms with Crippen LogP contribution >= 0.6 is 22.7 Å². The van der Waals surface area contributed by atoms with E-state index < -0.39 is 0 Å². The second kappa shape index (κ2) is 4.68. The smallest absolute Gasteiger partial charge is 0.0794 e. The first-order valence-corrected chi connectivity index (χ1v) is 6.38. The Labute approximate surface area is 91.6 Å². The largest absolute Gasteiger partial charge is 0.306 e. The molecule has 14 heavy (non-hydrogen) atoms. The van der Waals surface area contributed by atoms with E-state index in [9.17, 15) is 0 Å². The zero-order chi connectivity index (χ0) is 9.80. The highest BCUT2D eigenvalue weighted by Crippen LogP contribution is 2.26.